The van der Waals surface area contributed by atoms with E-state index in [1.165, 1.54) is 0 Å². The van der Waals surface area contributed by atoms with E-state index in [4.69, 9.17) is 4.74 Å². The first kappa shape index (κ1) is 17.0. The smallest absolute Gasteiger partial charge is 0.412 e. The standard InChI is InChI=1S/C18H17BrN2O2/c1-18(2,3)23-17(22)21-16-10-11-20-12-14(16)7-4-13-5-8-15(19)9-6-13/h5-6,8-12H,1-3H3,(H,20,21,22). The van der Waals surface area contributed by atoms with E-state index in [1.807, 2.05) is 45.0 Å². The number of benzene rings is 1. The van der Waals surface area contributed by atoms with E-state index >= 15 is 0 Å². The number of ether oxygens (including phenoxy) is 1. The number of nitrogens with zero attached hydrogens (tertiary/aromatic N) is 1. The van der Waals surface area contributed by atoms with E-state index in [9.17, 15) is 4.79 Å². The number of rotatable bonds is 1. The fourth-order valence-electron chi connectivity index (χ4n) is 1.69. The van der Waals surface area contributed by atoms with Crippen molar-refractivity contribution in [3.63, 3.8) is 0 Å². The van der Waals surface area contributed by atoms with Gasteiger partial charge in [-0.3, -0.25) is 10.3 Å². The minimum atomic E-state index is -0.555. The minimum absolute atomic E-state index is 0.518. The highest BCUT2D eigenvalue weighted by molar-refractivity contribution is 9.10. The van der Waals surface area contributed by atoms with Crippen molar-refractivity contribution >= 4 is 27.7 Å². The lowest BCUT2D eigenvalue weighted by Gasteiger charge is -2.19. The molecule has 2 rings (SSSR count). The number of nitrogens with one attached hydrogen (secondary N) is 1. The van der Waals surface area contributed by atoms with Crippen molar-refractivity contribution < 1.29 is 9.53 Å². The van der Waals surface area contributed by atoms with Gasteiger partial charge in [0.05, 0.1) is 11.3 Å². The Morgan fingerprint density at radius 3 is 2.52 bits per heavy atom. The highest BCUT2D eigenvalue weighted by Crippen LogP contribution is 2.15. The lowest BCUT2D eigenvalue weighted by molar-refractivity contribution is 0.0636. The molecule has 0 fully saturated rings. The molecule has 1 N–H and O–H groups in total. The first-order valence-corrected chi connectivity index (χ1v) is 7.84. The maximum atomic E-state index is 11.9. The number of carbonyl (C=O) groups is 1. The quantitative estimate of drug-likeness (QED) is 0.744. The van der Waals surface area contributed by atoms with E-state index in [0.29, 0.717) is 11.3 Å². The van der Waals surface area contributed by atoms with Gasteiger partial charge in [-0.15, -0.1) is 0 Å². The summed E-state index contributed by atoms with van der Waals surface area (Å²) in [7, 11) is 0. The Morgan fingerprint density at radius 2 is 1.87 bits per heavy atom. The molecule has 118 valence electrons. The average Bonchev–Trinajstić information content (AvgIpc) is 2.46. The van der Waals surface area contributed by atoms with Crippen molar-refractivity contribution in [3.05, 3.63) is 58.3 Å². The van der Waals surface area contributed by atoms with Crippen LogP contribution in [0.2, 0.25) is 0 Å². The Kier molecular flexibility index (Phi) is 5.41. The van der Waals surface area contributed by atoms with Crippen LogP contribution in [0.5, 0.6) is 0 Å². The molecular weight excluding hydrogens is 356 g/mol. The van der Waals surface area contributed by atoms with Gasteiger partial charge in [-0.2, -0.15) is 0 Å². The Balaban J connectivity index is 2.18. The summed E-state index contributed by atoms with van der Waals surface area (Å²) >= 11 is 3.38. The molecule has 23 heavy (non-hydrogen) atoms. The molecule has 4 nitrogen and oxygen atoms in total. The van der Waals surface area contributed by atoms with Crippen LogP contribution in [-0.2, 0) is 4.74 Å². The summed E-state index contributed by atoms with van der Waals surface area (Å²) < 4.78 is 6.25. The number of hydrogen-bond acceptors (Lipinski definition) is 3. The predicted molar refractivity (Wildman–Crippen MR) is 94.2 cm³/mol. The van der Waals surface area contributed by atoms with Crippen molar-refractivity contribution in [2.75, 3.05) is 5.32 Å². The molecule has 0 saturated heterocycles. The Hall–Kier alpha value is -2.32. The average molecular weight is 373 g/mol. The first-order chi connectivity index (χ1) is 10.8. The van der Waals surface area contributed by atoms with Crippen molar-refractivity contribution in [1.82, 2.24) is 4.98 Å². The van der Waals surface area contributed by atoms with Crippen molar-refractivity contribution in [1.29, 1.82) is 0 Å². The third-order valence-corrected chi connectivity index (χ3v) is 3.17. The van der Waals surface area contributed by atoms with Gasteiger partial charge in [0.1, 0.15) is 5.60 Å². The third kappa shape index (κ3) is 5.76. The maximum Gasteiger partial charge on any atom is 0.412 e. The molecule has 0 aliphatic heterocycles. The number of hydrogen-bond donors (Lipinski definition) is 1. The number of halogens is 1. The number of carbonyl (C=O) groups excluding carboxylic acids is 1. The van der Waals surface area contributed by atoms with Gasteiger partial charge in [-0.1, -0.05) is 27.8 Å². The summed E-state index contributed by atoms with van der Waals surface area (Å²) in [6.45, 7) is 5.44. The highest BCUT2D eigenvalue weighted by atomic mass is 79.9. The van der Waals surface area contributed by atoms with E-state index in [1.54, 1.807) is 18.5 Å². The van der Waals surface area contributed by atoms with Gasteiger partial charge in [0, 0.05) is 22.4 Å². The lowest BCUT2D eigenvalue weighted by atomic mass is 10.2. The SMILES string of the molecule is CC(C)(C)OC(=O)Nc1ccncc1C#Cc1ccc(Br)cc1. The van der Waals surface area contributed by atoms with Crippen LogP contribution >= 0.6 is 15.9 Å². The second kappa shape index (κ2) is 7.30. The first-order valence-electron chi connectivity index (χ1n) is 7.05. The Labute approximate surface area is 144 Å². The van der Waals surface area contributed by atoms with Gasteiger partial charge in [-0.05, 0) is 51.1 Å². The fraction of sp³-hybridized carbons (Fsp3) is 0.222. The zero-order chi connectivity index (χ0) is 16.9. The topological polar surface area (TPSA) is 51.2 Å². The normalized spacial score (nSPS) is 10.4. The summed E-state index contributed by atoms with van der Waals surface area (Å²) in [6, 6.07) is 9.36. The molecule has 1 aromatic carbocycles. The molecule has 1 aromatic heterocycles. The third-order valence-electron chi connectivity index (χ3n) is 2.64. The van der Waals surface area contributed by atoms with Crippen LogP contribution in [-0.4, -0.2) is 16.7 Å². The van der Waals surface area contributed by atoms with E-state index in [0.717, 1.165) is 10.0 Å². The summed E-state index contributed by atoms with van der Waals surface area (Å²) in [6.07, 6.45) is 2.69. The van der Waals surface area contributed by atoms with Crippen LogP contribution in [0.4, 0.5) is 10.5 Å². The van der Waals surface area contributed by atoms with Gasteiger partial charge in [0.2, 0.25) is 0 Å². The van der Waals surface area contributed by atoms with Crippen LogP contribution in [0.25, 0.3) is 0 Å². The van der Waals surface area contributed by atoms with Gasteiger partial charge in [-0.25, -0.2) is 4.79 Å². The molecule has 2 aromatic rings. The molecule has 1 heterocycles. The van der Waals surface area contributed by atoms with Gasteiger partial charge < -0.3 is 4.74 Å². The van der Waals surface area contributed by atoms with E-state index in [-0.39, 0.29) is 0 Å². The van der Waals surface area contributed by atoms with Crippen molar-refractivity contribution in [2.45, 2.75) is 26.4 Å². The summed E-state index contributed by atoms with van der Waals surface area (Å²) in [5, 5.41) is 2.70. The molecule has 1 amide bonds. The number of amides is 1. The Morgan fingerprint density at radius 1 is 1.17 bits per heavy atom. The molecule has 0 unspecified atom stereocenters. The summed E-state index contributed by atoms with van der Waals surface area (Å²) in [5.41, 5.74) is 1.51. The van der Waals surface area contributed by atoms with Crippen molar-refractivity contribution in [2.24, 2.45) is 0 Å². The lowest BCUT2D eigenvalue weighted by Crippen LogP contribution is -2.27. The van der Waals surface area contributed by atoms with Gasteiger partial charge in [0.15, 0.2) is 0 Å². The molecule has 0 saturated carbocycles. The molecule has 0 atom stereocenters. The number of pyridine rings is 1. The second-order valence-corrected chi connectivity index (χ2v) is 6.72. The van der Waals surface area contributed by atoms with E-state index in [2.05, 4.69) is 38.1 Å². The molecule has 0 aliphatic rings. The number of anilines is 1. The summed E-state index contributed by atoms with van der Waals surface area (Å²) in [4.78, 5) is 15.9. The van der Waals surface area contributed by atoms with Crippen LogP contribution in [0.1, 0.15) is 31.9 Å². The highest BCUT2D eigenvalue weighted by Gasteiger charge is 2.16. The van der Waals surface area contributed by atoms with Crippen LogP contribution in [0.3, 0.4) is 0 Å². The molecule has 0 bridgehead atoms. The molecular formula is C18H17BrN2O2. The largest absolute Gasteiger partial charge is 0.444 e. The van der Waals surface area contributed by atoms with Crippen LogP contribution in [0.15, 0.2) is 47.2 Å². The minimum Gasteiger partial charge on any atom is -0.444 e. The second-order valence-electron chi connectivity index (χ2n) is 5.81. The number of aromatic nitrogens is 1. The van der Waals surface area contributed by atoms with Crippen LogP contribution < -0.4 is 5.32 Å². The molecule has 0 radical (unpaired) electrons. The van der Waals surface area contributed by atoms with Gasteiger partial charge in [0.25, 0.3) is 0 Å². The summed E-state index contributed by atoms with van der Waals surface area (Å²) in [5.74, 6) is 6.07. The molecule has 0 spiro atoms. The fourth-order valence-corrected chi connectivity index (χ4v) is 1.95. The molecule has 5 heteroatoms. The van der Waals surface area contributed by atoms with Crippen molar-refractivity contribution in [3.8, 4) is 11.8 Å². The predicted octanol–water partition coefficient (Wildman–Crippen LogP) is 4.59. The zero-order valence-corrected chi connectivity index (χ0v) is 14.8. The van der Waals surface area contributed by atoms with Gasteiger partial charge >= 0.3 is 6.09 Å². The van der Waals surface area contributed by atoms with Crippen LogP contribution in [0, 0.1) is 11.8 Å². The van der Waals surface area contributed by atoms with E-state index < -0.39 is 11.7 Å². The molecule has 0 aliphatic carbocycles. The zero-order valence-electron chi connectivity index (χ0n) is 13.2. The Bertz CT molecular complexity index is 753. The monoisotopic (exact) mass is 372 g/mol. The maximum absolute atomic E-state index is 11.9.